The minimum absolute atomic E-state index is 0. The zero-order valence-electron chi connectivity index (χ0n) is 17.8. The Morgan fingerprint density at radius 3 is 1.27 bits per heavy atom. The molecule has 0 aromatic carbocycles. The molecule has 0 saturated heterocycles. The van der Waals surface area contributed by atoms with Crippen molar-refractivity contribution in [3.8, 4) is 0 Å². The molecule has 5 heteroatoms. The standard InChI is InChI=1S/C18H36O2.C3H8O2.Na/c1-2-3-4-5-6-7-8-9-10-11-12-13-14-15-16-17-18(19)20;1-3(5)2-4;/h2-17H2,1H3,(H,19,20);3-5H,2H2,1H3;/q;;+1/p-1. The number of aliphatic carboxylic acids is 1. The molecule has 0 aliphatic rings. The van der Waals surface area contributed by atoms with Gasteiger partial charge in [-0.15, -0.1) is 0 Å². The molecule has 26 heavy (non-hydrogen) atoms. The molecule has 1 atom stereocenters. The zero-order valence-corrected chi connectivity index (χ0v) is 19.8. The zero-order chi connectivity index (χ0) is 19.2. The maximum absolute atomic E-state index is 10.2. The van der Waals surface area contributed by atoms with Crippen LogP contribution < -0.4 is 34.7 Å². The number of hydrogen-bond acceptors (Lipinski definition) is 4. The number of carbonyl (C=O) groups excluding carboxylic acids is 1. The smallest absolute Gasteiger partial charge is 0.550 e. The quantitative estimate of drug-likeness (QED) is 0.294. The van der Waals surface area contributed by atoms with E-state index in [-0.39, 0.29) is 42.6 Å². The van der Waals surface area contributed by atoms with E-state index in [1.165, 1.54) is 90.4 Å². The van der Waals surface area contributed by atoms with Crippen LogP contribution in [0.3, 0.4) is 0 Å². The number of carboxylic acid groups (broad SMARTS) is 1. The van der Waals surface area contributed by atoms with Crippen LogP contribution in [0.15, 0.2) is 0 Å². The second-order valence-corrected chi connectivity index (χ2v) is 7.10. The van der Waals surface area contributed by atoms with Crippen molar-refractivity contribution in [3.05, 3.63) is 0 Å². The molecule has 0 heterocycles. The van der Waals surface area contributed by atoms with Crippen LogP contribution in [0.1, 0.15) is 117 Å². The second kappa shape index (κ2) is 27.6. The largest absolute Gasteiger partial charge is 1.00 e. The molecule has 0 rings (SSSR count). The van der Waals surface area contributed by atoms with Crippen LogP contribution in [-0.4, -0.2) is 28.9 Å². The SMILES string of the molecule is CC(O)CO.CCCCCCCCCCCCCCCCCC(=O)[O-].[Na+]. The van der Waals surface area contributed by atoms with Gasteiger partial charge >= 0.3 is 29.6 Å². The summed E-state index contributed by atoms with van der Waals surface area (Å²) in [5.74, 6) is -0.903. The topological polar surface area (TPSA) is 80.6 Å². The number of hydrogen-bond donors (Lipinski definition) is 2. The van der Waals surface area contributed by atoms with E-state index < -0.39 is 12.1 Å². The number of aliphatic hydroxyl groups excluding tert-OH is 2. The number of rotatable bonds is 17. The van der Waals surface area contributed by atoms with Crippen LogP contribution in [-0.2, 0) is 4.79 Å². The van der Waals surface area contributed by atoms with Gasteiger partial charge in [-0.3, -0.25) is 0 Å². The van der Waals surface area contributed by atoms with E-state index in [9.17, 15) is 9.90 Å². The molecule has 0 radical (unpaired) electrons. The molecule has 1 unspecified atom stereocenters. The average molecular weight is 383 g/mol. The summed E-state index contributed by atoms with van der Waals surface area (Å²) in [5, 5.41) is 26.2. The Hall–Kier alpha value is 0.390. The van der Waals surface area contributed by atoms with E-state index in [2.05, 4.69) is 6.92 Å². The van der Waals surface area contributed by atoms with Gasteiger partial charge in [0.1, 0.15) is 0 Å². The summed E-state index contributed by atoms with van der Waals surface area (Å²) in [5.41, 5.74) is 0. The van der Waals surface area contributed by atoms with Gasteiger partial charge in [0.25, 0.3) is 0 Å². The number of carbonyl (C=O) groups is 1. The van der Waals surface area contributed by atoms with Gasteiger partial charge in [-0.05, 0) is 19.8 Å². The molecule has 0 saturated carbocycles. The Morgan fingerprint density at radius 1 is 0.769 bits per heavy atom. The molecule has 0 bridgehead atoms. The van der Waals surface area contributed by atoms with Gasteiger partial charge in [0, 0.05) is 5.97 Å². The minimum Gasteiger partial charge on any atom is -0.550 e. The minimum atomic E-state index is -0.903. The Balaban J connectivity index is -0.000000772. The molecule has 0 aliphatic carbocycles. The predicted octanol–water partition coefficient (Wildman–Crippen LogP) is 1.36. The van der Waals surface area contributed by atoms with Crippen molar-refractivity contribution in [2.45, 2.75) is 123 Å². The fraction of sp³-hybridized carbons (Fsp3) is 0.952. The summed E-state index contributed by atoms with van der Waals surface area (Å²) in [6, 6.07) is 0. The molecule has 152 valence electrons. The van der Waals surface area contributed by atoms with Crippen molar-refractivity contribution in [3.63, 3.8) is 0 Å². The van der Waals surface area contributed by atoms with Crippen LogP contribution in [0.4, 0.5) is 0 Å². The fourth-order valence-corrected chi connectivity index (χ4v) is 2.64. The molecule has 0 amide bonds. The van der Waals surface area contributed by atoms with Gasteiger partial charge in [0.05, 0.1) is 12.7 Å². The first-order chi connectivity index (χ1) is 12.0. The maximum atomic E-state index is 10.2. The van der Waals surface area contributed by atoms with Crippen molar-refractivity contribution >= 4 is 5.97 Å². The third kappa shape index (κ3) is 35.5. The molecule has 0 aliphatic heterocycles. The molecule has 0 aromatic heterocycles. The van der Waals surface area contributed by atoms with Crippen molar-refractivity contribution in [2.24, 2.45) is 0 Å². The van der Waals surface area contributed by atoms with Gasteiger partial charge in [0.15, 0.2) is 0 Å². The maximum Gasteiger partial charge on any atom is 1.00 e. The molecule has 2 N–H and O–H groups in total. The van der Waals surface area contributed by atoms with E-state index >= 15 is 0 Å². The summed E-state index contributed by atoms with van der Waals surface area (Å²) in [7, 11) is 0. The van der Waals surface area contributed by atoms with E-state index in [1.54, 1.807) is 0 Å². The Kier molecular flexibility index (Phi) is 33.0. The molecular weight excluding hydrogens is 339 g/mol. The van der Waals surface area contributed by atoms with E-state index in [0.717, 1.165) is 12.8 Å². The van der Waals surface area contributed by atoms with E-state index in [1.807, 2.05) is 0 Å². The van der Waals surface area contributed by atoms with E-state index in [4.69, 9.17) is 10.2 Å². The van der Waals surface area contributed by atoms with Crippen LogP contribution in [0, 0.1) is 0 Å². The van der Waals surface area contributed by atoms with Gasteiger partial charge in [-0.25, -0.2) is 0 Å². The predicted molar refractivity (Wildman–Crippen MR) is 103 cm³/mol. The molecule has 0 spiro atoms. The first-order valence-electron chi connectivity index (χ1n) is 10.5. The van der Waals surface area contributed by atoms with Crippen LogP contribution in [0.25, 0.3) is 0 Å². The van der Waals surface area contributed by atoms with Crippen molar-refractivity contribution in [1.29, 1.82) is 0 Å². The molecule has 0 aromatic rings. The normalized spacial score (nSPS) is 11.2. The average Bonchev–Trinajstić information content (AvgIpc) is 2.58. The summed E-state index contributed by atoms with van der Waals surface area (Å²) in [6.07, 6.45) is 19.3. The van der Waals surface area contributed by atoms with Gasteiger partial charge in [0.2, 0.25) is 0 Å². The molecular formula is C21H43NaO4. The Labute approximate surface area is 184 Å². The number of carboxylic acids is 1. The third-order valence-electron chi connectivity index (χ3n) is 4.25. The Bertz CT molecular complexity index is 260. The van der Waals surface area contributed by atoms with Gasteiger partial charge < -0.3 is 20.1 Å². The third-order valence-corrected chi connectivity index (χ3v) is 4.25. The summed E-state index contributed by atoms with van der Waals surface area (Å²) in [4.78, 5) is 10.2. The summed E-state index contributed by atoms with van der Waals surface area (Å²) < 4.78 is 0. The fourth-order valence-electron chi connectivity index (χ4n) is 2.64. The van der Waals surface area contributed by atoms with Crippen LogP contribution in [0.5, 0.6) is 0 Å². The van der Waals surface area contributed by atoms with Gasteiger partial charge in [-0.2, -0.15) is 0 Å². The first-order valence-corrected chi connectivity index (χ1v) is 10.5. The second-order valence-electron chi connectivity index (χ2n) is 7.10. The van der Waals surface area contributed by atoms with Gasteiger partial charge in [-0.1, -0.05) is 96.8 Å². The van der Waals surface area contributed by atoms with Crippen molar-refractivity contribution in [1.82, 2.24) is 0 Å². The van der Waals surface area contributed by atoms with Crippen LogP contribution >= 0.6 is 0 Å². The monoisotopic (exact) mass is 382 g/mol. The summed E-state index contributed by atoms with van der Waals surface area (Å²) in [6.45, 7) is 3.66. The number of aliphatic hydroxyl groups is 2. The van der Waals surface area contributed by atoms with E-state index in [0.29, 0.717) is 0 Å². The molecule has 4 nitrogen and oxygen atoms in total. The van der Waals surface area contributed by atoms with Crippen molar-refractivity contribution in [2.75, 3.05) is 6.61 Å². The molecule has 0 fully saturated rings. The first kappa shape index (κ1) is 31.1. The summed E-state index contributed by atoms with van der Waals surface area (Å²) >= 11 is 0. The Morgan fingerprint density at radius 2 is 1.04 bits per heavy atom. The number of unbranched alkanes of at least 4 members (excludes halogenated alkanes) is 14. The van der Waals surface area contributed by atoms with Crippen molar-refractivity contribution < 1.29 is 49.7 Å². The van der Waals surface area contributed by atoms with Crippen LogP contribution in [0.2, 0.25) is 0 Å².